The molecule has 21 heavy (non-hydrogen) atoms. The smallest absolute Gasteiger partial charge is 0.252 e. The zero-order valence-electron chi connectivity index (χ0n) is 13.0. The van der Waals surface area contributed by atoms with Crippen LogP contribution in [0.25, 0.3) is 0 Å². The van der Waals surface area contributed by atoms with Gasteiger partial charge in [-0.05, 0) is 31.9 Å². The number of nitrogens with zero attached hydrogens (tertiary/aromatic N) is 1. The Labute approximate surface area is 125 Å². The van der Waals surface area contributed by atoms with E-state index in [1.165, 1.54) is 0 Å². The Hall–Kier alpha value is -1.88. The molecule has 1 aliphatic rings. The molecule has 2 amide bonds. The van der Waals surface area contributed by atoms with E-state index in [1.54, 1.807) is 4.90 Å². The van der Waals surface area contributed by atoms with Crippen molar-refractivity contribution in [1.82, 2.24) is 15.5 Å². The van der Waals surface area contributed by atoms with Gasteiger partial charge in [-0.25, -0.2) is 0 Å². The maximum absolute atomic E-state index is 12.3. The fourth-order valence-electron chi connectivity index (χ4n) is 2.81. The minimum Gasteiger partial charge on any atom is -0.343 e. The van der Waals surface area contributed by atoms with Crippen LogP contribution in [0.15, 0.2) is 12.1 Å². The molecule has 1 saturated heterocycles. The van der Waals surface area contributed by atoms with Crippen LogP contribution in [0.4, 0.5) is 0 Å². The fraction of sp³-hybridized carbons (Fsp3) is 0.500. The Balaban J connectivity index is 1.97. The largest absolute Gasteiger partial charge is 0.343 e. The van der Waals surface area contributed by atoms with Gasteiger partial charge in [0.15, 0.2) is 0 Å². The zero-order valence-corrected chi connectivity index (χ0v) is 13.0. The minimum absolute atomic E-state index is 0.0210. The average molecular weight is 289 g/mol. The lowest BCUT2D eigenvalue weighted by atomic mass is 9.99. The van der Waals surface area contributed by atoms with Gasteiger partial charge in [-0.15, -0.1) is 0 Å². The summed E-state index contributed by atoms with van der Waals surface area (Å²) >= 11 is 0. The van der Waals surface area contributed by atoms with Gasteiger partial charge in [0.2, 0.25) is 5.91 Å². The van der Waals surface area contributed by atoms with Crippen LogP contribution in [-0.4, -0.2) is 49.4 Å². The summed E-state index contributed by atoms with van der Waals surface area (Å²) in [6.45, 7) is 8.96. The van der Waals surface area contributed by atoms with Crippen LogP contribution >= 0.6 is 0 Å². The predicted molar refractivity (Wildman–Crippen MR) is 82.4 cm³/mol. The van der Waals surface area contributed by atoms with E-state index < -0.39 is 0 Å². The van der Waals surface area contributed by atoms with Gasteiger partial charge in [0.25, 0.3) is 5.91 Å². The van der Waals surface area contributed by atoms with Crippen LogP contribution in [0.1, 0.15) is 27.0 Å². The molecule has 1 heterocycles. The fourth-order valence-corrected chi connectivity index (χ4v) is 2.81. The first-order chi connectivity index (χ1) is 9.99. The summed E-state index contributed by atoms with van der Waals surface area (Å²) in [6, 6.07) is 3.97. The van der Waals surface area contributed by atoms with Gasteiger partial charge in [0, 0.05) is 31.7 Å². The lowest BCUT2D eigenvalue weighted by Crippen LogP contribution is -2.49. The first kappa shape index (κ1) is 15.5. The summed E-state index contributed by atoms with van der Waals surface area (Å²) in [5, 5.41) is 5.95. The molecule has 0 spiro atoms. The van der Waals surface area contributed by atoms with Crippen molar-refractivity contribution in [1.29, 1.82) is 0 Å². The number of nitrogens with one attached hydrogen (secondary N) is 2. The van der Waals surface area contributed by atoms with Crippen molar-refractivity contribution in [2.45, 2.75) is 20.8 Å². The highest BCUT2D eigenvalue weighted by atomic mass is 16.2. The van der Waals surface area contributed by atoms with E-state index in [0.717, 1.165) is 29.8 Å². The number of hydrogen-bond acceptors (Lipinski definition) is 3. The third-order valence-electron chi connectivity index (χ3n) is 3.77. The van der Waals surface area contributed by atoms with Gasteiger partial charge in [0.1, 0.15) is 0 Å². The van der Waals surface area contributed by atoms with E-state index in [4.69, 9.17) is 0 Å². The Morgan fingerprint density at radius 1 is 1.14 bits per heavy atom. The van der Waals surface area contributed by atoms with Crippen molar-refractivity contribution in [3.63, 3.8) is 0 Å². The van der Waals surface area contributed by atoms with E-state index in [0.29, 0.717) is 18.7 Å². The van der Waals surface area contributed by atoms with Gasteiger partial charge in [-0.1, -0.05) is 17.7 Å². The van der Waals surface area contributed by atoms with Crippen LogP contribution in [0.2, 0.25) is 0 Å². The molecule has 0 saturated carbocycles. The Morgan fingerprint density at radius 3 is 2.29 bits per heavy atom. The summed E-state index contributed by atoms with van der Waals surface area (Å²) in [6.07, 6.45) is 0. The molecular formula is C16H23N3O2. The second-order valence-corrected chi connectivity index (χ2v) is 5.59. The van der Waals surface area contributed by atoms with Crippen LogP contribution in [0.5, 0.6) is 0 Å². The SMILES string of the molecule is Cc1cc(C)c(C(=O)NCC(=O)N2CCNCC2)c(C)c1. The zero-order chi connectivity index (χ0) is 15.4. The number of amides is 2. The quantitative estimate of drug-likeness (QED) is 0.864. The Kier molecular flexibility index (Phi) is 4.96. The molecule has 0 atom stereocenters. The van der Waals surface area contributed by atoms with E-state index in [2.05, 4.69) is 10.6 Å². The molecule has 2 N–H and O–H groups in total. The molecule has 0 radical (unpaired) electrons. The highest BCUT2D eigenvalue weighted by molar-refractivity contribution is 5.99. The second-order valence-electron chi connectivity index (χ2n) is 5.59. The van der Waals surface area contributed by atoms with E-state index >= 15 is 0 Å². The molecule has 2 rings (SSSR count). The summed E-state index contributed by atoms with van der Waals surface area (Å²) in [5.74, 6) is -0.194. The minimum atomic E-state index is -0.173. The molecule has 1 aromatic carbocycles. The molecule has 5 nitrogen and oxygen atoms in total. The molecule has 0 bridgehead atoms. The molecule has 1 fully saturated rings. The number of hydrogen-bond donors (Lipinski definition) is 2. The van der Waals surface area contributed by atoms with Crippen LogP contribution in [0.3, 0.4) is 0 Å². The van der Waals surface area contributed by atoms with Crippen LogP contribution < -0.4 is 10.6 Å². The summed E-state index contributed by atoms with van der Waals surface area (Å²) in [7, 11) is 0. The van der Waals surface area contributed by atoms with Gasteiger partial charge in [0.05, 0.1) is 6.54 Å². The van der Waals surface area contributed by atoms with Crippen molar-refractivity contribution < 1.29 is 9.59 Å². The van der Waals surface area contributed by atoms with Crippen molar-refractivity contribution >= 4 is 11.8 Å². The number of piperazine rings is 1. The third kappa shape index (κ3) is 3.82. The van der Waals surface area contributed by atoms with Gasteiger partial charge in [-0.3, -0.25) is 9.59 Å². The molecule has 0 aromatic heterocycles. The number of rotatable bonds is 3. The molecule has 0 aliphatic carbocycles. The Bertz CT molecular complexity index is 525. The van der Waals surface area contributed by atoms with Crippen LogP contribution in [0, 0.1) is 20.8 Å². The number of aryl methyl sites for hydroxylation is 3. The normalized spacial score (nSPS) is 14.9. The van der Waals surface area contributed by atoms with Gasteiger partial charge >= 0.3 is 0 Å². The topological polar surface area (TPSA) is 61.4 Å². The number of carbonyl (C=O) groups is 2. The van der Waals surface area contributed by atoms with E-state index in [9.17, 15) is 9.59 Å². The highest BCUT2D eigenvalue weighted by Crippen LogP contribution is 2.16. The van der Waals surface area contributed by atoms with Crippen molar-refractivity contribution in [3.8, 4) is 0 Å². The van der Waals surface area contributed by atoms with Crippen molar-refractivity contribution in [2.75, 3.05) is 32.7 Å². The van der Waals surface area contributed by atoms with E-state index in [1.807, 2.05) is 32.9 Å². The summed E-state index contributed by atoms with van der Waals surface area (Å²) in [5.41, 5.74) is 3.70. The second kappa shape index (κ2) is 6.72. The maximum atomic E-state index is 12.3. The number of carbonyl (C=O) groups excluding carboxylic acids is 2. The van der Waals surface area contributed by atoms with Crippen molar-refractivity contribution in [2.24, 2.45) is 0 Å². The number of benzene rings is 1. The summed E-state index contributed by atoms with van der Waals surface area (Å²) in [4.78, 5) is 26.1. The van der Waals surface area contributed by atoms with Crippen molar-refractivity contribution in [3.05, 3.63) is 34.4 Å². The first-order valence-electron chi connectivity index (χ1n) is 7.33. The molecule has 1 aliphatic heterocycles. The molecular weight excluding hydrogens is 266 g/mol. The van der Waals surface area contributed by atoms with Gasteiger partial charge < -0.3 is 15.5 Å². The summed E-state index contributed by atoms with van der Waals surface area (Å²) < 4.78 is 0. The Morgan fingerprint density at radius 2 is 1.71 bits per heavy atom. The third-order valence-corrected chi connectivity index (χ3v) is 3.77. The predicted octanol–water partition coefficient (Wildman–Crippen LogP) is 0.773. The van der Waals surface area contributed by atoms with E-state index in [-0.39, 0.29) is 18.4 Å². The molecule has 114 valence electrons. The monoisotopic (exact) mass is 289 g/mol. The standard InChI is InChI=1S/C16H23N3O2/c1-11-8-12(2)15(13(3)9-11)16(21)18-10-14(20)19-6-4-17-5-7-19/h8-9,17H,4-7,10H2,1-3H3,(H,18,21). The molecule has 0 unspecified atom stereocenters. The first-order valence-corrected chi connectivity index (χ1v) is 7.33. The van der Waals surface area contributed by atoms with Gasteiger partial charge in [-0.2, -0.15) is 0 Å². The molecule has 1 aromatic rings. The molecule has 5 heteroatoms. The lowest BCUT2D eigenvalue weighted by Gasteiger charge is -2.27. The average Bonchev–Trinajstić information content (AvgIpc) is 2.44. The maximum Gasteiger partial charge on any atom is 0.252 e. The highest BCUT2D eigenvalue weighted by Gasteiger charge is 2.18. The lowest BCUT2D eigenvalue weighted by molar-refractivity contribution is -0.130. The van der Waals surface area contributed by atoms with Crippen LogP contribution in [-0.2, 0) is 4.79 Å².